The number of hydrogen-bond acceptors (Lipinski definition) is 6. The average molecular weight is 263 g/mol. The van der Waals surface area contributed by atoms with Gasteiger partial charge < -0.3 is 20.8 Å². The molecule has 0 radical (unpaired) electrons. The van der Waals surface area contributed by atoms with Crippen LogP contribution in [0.2, 0.25) is 0 Å². The van der Waals surface area contributed by atoms with Crippen molar-refractivity contribution in [2.24, 2.45) is 0 Å². The lowest BCUT2D eigenvalue weighted by Crippen LogP contribution is -2.50. The largest absolute Gasteiger partial charge is 0.369 e. The lowest BCUT2D eigenvalue weighted by atomic mass is 10.2. The predicted molar refractivity (Wildman–Crippen MR) is 58.9 cm³/mol. The maximum atomic E-state index is 12.1. The van der Waals surface area contributed by atoms with Crippen LogP contribution >= 0.6 is 0 Å². The van der Waals surface area contributed by atoms with Crippen molar-refractivity contribution in [1.29, 1.82) is 0 Å². The Kier molecular flexibility index (Phi) is 2.44. The van der Waals surface area contributed by atoms with Crippen LogP contribution in [0.5, 0.6) is 0 Å². The summed E-state index contributed by atoms with van der Waals surface area (Å²) in [5.41, 5.74) is 0.333. The first kappa shape index (κ1) is 11.6. The lowest BCUT2D eigenvalue weighted by molar-refractivity contribution is 0.0160. The number of aliphatic hydroxyl groups excluding tert-OH is 2. The number of carbonyl (C=O) groups is 2. The van der Waals surface area contributed by atoms with E-state index in [1.54, 1.807) is 0 Å². The fraction of sp³-hybridized carbons (Fsp3) is 0.200. The fourth-order valence-electron chi connectivity index (χ4n) is 2.00. The highest BCUT2D eigenvalue weighted by Crippen LogP contribution is 2.33. The van der Waals surface area contributed by atoms with Crippen LogP contribution in [0.1, 0.15) is 22.3 Å². The van der Waals surface area contributed by atoms with Crippen molar-refractivity contribution in [3.63, 3.8) is 0 Å². The van der Waals surface area contributed by atoms with E-state index in [1.807, 2.05) is 0 Å². The third-order valence-corrected chi connectivity index (χ3v) is 2.87. The molecule has 2 aliphatic rings. The molecule has 1 aromatic heterocycles. The molecule has 0 fully saturated rings. The van der Waals surface area contributed by atoms with Crippen LogP contribution in [0.4, 0.5) is 4.79 Å². The van der Waals surface area contributed by atoms with Crippen molar-refractivity contribution in [2.75, 3.05) is 0 Å². The summed E-state index contributed by atoms with van der Waals surface area (Å²) in [6, 6.07) is 0.863. The molecule has 0 aromatic carbocycles. The highest BCUT2D eigenvalue weighted by Gasteiger charge is 2.42. The molecule has 0 bridgehead atoms. The zero-order chi connectivity index (χ0) is 13.6. The van der Waals surface area contributed by atoms with Crippen molar-refractivity contribution in [1.82, 2.24) is 25.7 Å². The van der Waals surface area contributed by atoms with E-state index in [1.165, 1.54) is 12.3 Å². The van der Waals surface area contributed by atoms with Gasteiger partial charge in [0.05, 0.1) is 11.9 Å². The van der Waals surface area contributed by atoms with Crippen molar-refractivity contribution in [3.8, 4) is 0 Å². The molecule has 0 saturated heterocycles. The summed E-state index contributed by atoms with van der Waals surface area (Å²) in [5, 5.41) is 31.5. The van der Waals surface area contributed by atoms with E-state index >= 15 is 0 Å². The van der Waals surface area contributed by atoms with Crippen molar-refractivity contribution in [3.05, 3.63) is 35.4 Å². The zero-order valence-corrected chi connectivity index (χ0v) is 9.44. The molecule has 9 heteroatoms. The third kappa shape index (κ3) is 1.63. The number of aromatic nitrogens is 2. The van der Waals surface area contributed by atoms with E-state index < -0.39 is 24.4 Å². The van der Waals surface area contributed by atoms with Gasteiger partial charge in [0.15, 0.2) is 18.1 Å². The molecule has 4 N–H and O–H groups in total. The van der Waals surface area contributed by atoms with Gasteiger partial charge in [0.2, 0.25) is 0 Å². The van der Waals surface area contributed by atoms with Gasteiger partial charge in [0, 0.05) is 11.8 Å². The summed E-state index contributed by atoms with van der Waals surface area (Å²) >= 11 is 0. The van der Waals surface area contributed by atoms with E-state index in [4.69, 9.17) is 0 Å². The Labute approximate surface area is 106 Å². The molecule has 0 saturated carbocycles. The maximum absolute atomic E-state index is 12.1. The van der Waals surface area contributed by atoms with Crippen LogP contribution in [-0.4, -0.2) is 43.5 Å². The van der Waals surface area contributed by atoms with Gasteiger partial charge in [-0.15, -0.1) is 5.10 Å². The smallest absolute Gasteiger partial charge is 0.321 e. The molecule has 0 aliphatic carbocycles. The Bertz CT molecular complexity index is 601. The van der Waals surface area contributed by atoms with Crippen LogP contribution in [0.3, 0.4) is 0 Å². The zero-order valence-electron chi connectivity index (χ0n) is 9.44. The number of urea groups is 1. The normalized spacial score (nSPS) is 25.6. The second kappa shape index (κ2) is 4.00. The summed E-state index contributed by atoms with van der Waals surface area (Å²) in [5.74, 6) is -0.598. The van der Waals surface area contributed by atoms with E-state index in [0.29, 0.717) is 5.56 Å². The van der Waals surface area contributed by atoms with E-state index in [-0.39, 0.29) is 11.4 Å². The van der Waals surface area contributed by atoms with Crippen LogP contribution in [0.25, 0.3) is 0 Å². The first-order valence-corrected chi connectivity index (χ1v) is 5.38. The van der Waals surface area contributed by atoms with Crippen LogP contribution in [-0.2, 0) is 0 Å². The van der Waals surface area contributed by atoms with Crippen molar-refractivity contribution >= 4 is 11.9 Å². The Balaban J connectivity index is 2.00. The van der Waals surface area contributed by atoms with E-state index in [0.717, 1.165) is 11.1 Å². The van der Waals surface area contributed by atoms with Gasteiger partial charge in [0.25, 0.3) is 5.91 Å². The average Bonchev–Trinajstić information content (AvgIpc) is 2.64. The number of carbonyl (C=O) groups excluding carboxylic acids is 2. The number of nitrogens with zero attached hydrogens (tertiary/aromatic N) is 3. The Hall–Kier alpha value is -2.52. The maximum Gasteiger partial charge on any atom is 0.321 e. The van der Waals surface area contributed by atoms with Crippen molar-refractivity contribution < 1.29 is 19.8 Å². The van der Waals surface area contributed by atoms with Gasteiger partial charge in [0.1, 0.15) is 0 Å². The standard InChI is InChI=1S/C10H9N5O4/c16-7-5(3-11-10(19)13-7)15-8(17)4-1-2-12-14-6(4)9(15)18/h1-3,7-8,16-17H,(H2,11,13,19). The number of nitrogens with one attached hydrogen (secondary N) is 2. The summed E-state index contributed by atoms with van der Waals surface area (Å²) in [6.45, 7) is 0. The quantitative estimate of drug-likeness (QED) is 0.483. The Morgan fingerprint density at radius 2 is 2.11 bits per heavy atom. The SMILES string of the molecule is O=C1NC=C(N2C(=O)c3nnccc3C2O)C(O)N1. The van der Waals surface area contributed by atoms with E-state index in [2.05, 4.69) is 20.8 Å². The summed E-state index contributed by atoms with van der Waals surface area (Å²) in [4.78, 5) is 24.0. The molecule has 3 amide bonds. The molecule has 2 unspecified atom stereocenters. The van der Waals surface area contributed by atoms with E-state index in [9.17, 15) is 19.8 Å². The molecule has 2 atom stereocenters. The minimum Gasteiger partial charge on any atom is -0.369 e. The fourth-order valence-corrected chi connectivity index (χ4v) is 2.00. The van der Waals surface area contributed by atoms with Gasteiger partial charge in [-0.05, 0) is 6.07 Å². The molecule has 1 aromatic rings. The summed E-state index contributed by atoms with van der Waals surface area (Å²) < 4.78 is 0. The lowest BCUT2D eigenvalue weighted by Gasteiger charge is -2.29. The number of amides is 3. The third-order valence-electron chi connectivity index (χ3n) is 2.87. The van der Waals surface area contributed by atoms with Gasteiger partial charge in [-0.3, -0.25) is 9.69 Å². The van der Waals surface area contributed by atoms with Crippen LogP contribution < -0.4 is 10.6 Å². The second-order valence-electron chi connectivity index (χ2n) is 3.97. The molecule has 98 valence electrons. The minimum atomic E-state index is -1.39. The number of fused-ring (bicyclic) bond motifs is 1. The Morgan fingerprint density at radius 1 is 1.32 bits per heavy atom. The number of hydrogen-bond donors (Lipinski definition) is 4. The molecule has 3 heterocycles. The van der Waals surface area contributed by atoms with Gasteiger partial charge >= 0.3 is 6.03 Å². The summed E-state index contributed by atoms with van der Waals surface area (Å²) in [6.07, 6.45) is -0.167. The molecular formula is C10H9N5O4. The minimum absolute atomic E-state index is 0.0139. The van der Waals surface area contributed by atoms with Crippen molar-refractivity contribution in [2.45, 2.75) is 12.5 Å². The van der Waals surface area contributed by atoms with Gasteiger partial charge in [-0.2, -0.15) is 5.10 Å². The Morgan fingerprint density at radius 3 is 2.79 bits per heavy atom. The number of rotatable bonds is 1. The second-order valence-corrected chi connectivity index (χ2v) is 3.97. The topological polar surface area (TPSA) is 128 Å². The monoisotopic (exact) mass is 263 g/mol. The first-order valence-electron chi connectivity index (χ1n) is 5.38. The predicted octanol–water partition coefficient (Wildman–Crippen LogP) is -1.60. The molecule has 0 spiro atoms. The molecule has 2 aliphatic heterocycles. The van der Waals surface area contributed by atoms with Gasteiger partial charge in [-0.25, -0.2) is 4.79 Å². The van der Waals surface area contributed by atoms with Crippen LogP contribution in [0.15, 0.2) is 24.2 Å². The highest BCUT2D eigenvalue weighted by atomic mass is 16.3. The first-order chi connectivity index (χ1) is 9.09. The van der Waals surface area contributed by atoms with Gasteiger partial charge in [-0.1, -0.05) is 0 Å². The van der Waals surface area contributed by atoms with Crippen LogP contribution in [0, 0.1) is 0 Å². The molecule has 19 heavy (non-hydrogen) atoms. The highest BCUT2D eigenvalue weighted by molar-refractivity contribution is 5.98. The molecular weight excluding hydrogens is 254 g/mol. The molecule has 9 nitrogen and oxygen atoms in total. The molecule has 3 rings (SSSR count). The number of aliphatic hydroxyl groups is 2. The summed E-state index contributed by atoms with van der Waals surface area (Å²) in [7, 11) is 0.